The lowest BCUT2D eigenvalue weighted by atomic mass is 9.68. The Morgan fingerprint density at radius 3 is 2.76 bits per heavy atom. The molecule has 2 rings (SSSR count). The van der Waals surface area contributed by atoms with E-state index in [9.17, 15) is 9.90 Å². The number of aliphatic hydroxyl groups is 1. The third-order valence-corrected chi connectivity index (χ3v) is 4.02. The SMILES string of the molecule is Cc1c(Cl)cccc1NC(=O)C1(CO)CCC1. The van der Waals surface area contributed by atoms with Gasteiger partial charge in [0.15, 0.2) is 0 Å². The van der Waals surface area contributed by atoms with Crippen LogP contribution >= 0.6 is 11.6 Å². The Bertz CT molecular complexity index is 436. The van der Waals surface area contributed by atoms with Gasteiger partial charge in [0.2, 0.25) is 5.91 Å². The molecule has 1 aliphatic rings. The van der Waals surface area contributed by atoms with Crippen LogP contribution in [0.3, 0.4) is 0 Å². The highest BCUT2D eigenvalue weighted by Gasteiger charge is 2.43. The fourth-order valence-corrected chi connectivity index (χ4v) is 2.23. The molecular formula is C13H16ClNO2. The molecule has 1 aromatic rings. The van der Waals surface area contributed by atoms with Gasteiger partial charge >= 0.3 is 0 Å². The molecule has 0 atom stereocenters. The average Bonchev–Trinajstić information content (AvgIpc) is 2.24. The molecule has 0 aliphatic heterocycles. The molecule has 0 radical (unpaired) electrons. The summed E-state index contributed by atoms with van der Waals surface area (Å²) in [5.74, 6) is -0.100. The second-order valence-corrected chi connectivity index (χ2v) is 5.07. The van der Waals surface area contributed by atoms with E-state index in [2.05, 4.69) is 5.32 Å². The summed E-state index contributed by atoms with van der Waals surface area (Å²) in [5.41, 5.74) is 1.01. The lowest BCUT2D eigenvalue weighted by Gasteiger charge is -2.38. The predicted molar refractivity (Wildman–Crippen MR) is 68.2 cm³/mol. The quantitative estimate of drug-likeness (QED) is 0.870. The Morgan fingerprint density at radius 1 is 1.53 bits per heavy atom. The van der Waals surface area contributed by atoms with Crippen LogP contribution < -0.4 is 5.32 Å². The van der Waals surface area contributed by atoms with E-state index in [1.54, 1.807) is 12.1 Å². The van der Waals surface area contributed by atoms with Crippen LogP contribution in [0.1, 0.15) is 24.8 Å². The van der Waals surface area contributed by atoms with Gasteiger partial charge in [0.25, 0.3) is 0 Å². The molecule has 0 bridgehead atoms. The van der Waals surface area contributed by atoms with Crippen molar-refractivity contribution in [3.8, 4) is 0 Å². The first-order valence-electron chi connectivity index (χ1n) is 5.76. The van der Waals surface area contributed by atoms with Crippen LogP contribution in [-0.4, -0.2) is 17.6 Å². The van der Waals surface area contributed by atoms with Gasteiger partial charge in [-0.15, -0.1) is 0 Å². The van der Waals surface area contributed by atoms with Crippen molar-refractivity contribution in [1.29, 1.82) is 0 Å². The molecule has 1 aromatic carbocycles. The summed E-state index contributed by atoms with van der Waals surface area (Å²) >= 11 is 5.99. The number of hydrogen-bond donors (Lipinski definition) is 2. The number of carbonyl (C=O) groups is 1. The molecule has 1 amide bonds. The third kappa shape index (κ3) is 2.17. The van der Waals surface area contributed by atoms with Crippen molar-refractivity contribution in [3.63, 3.8) is 0 Å². The molecule has 0 spiro atoms. The number of halogens is 1. The monoisotopic (exact) mass is 253 g/mol. The van der Waals surface area contributed by atoms with E-state index in [1.807, 2.05) is 13.0 Å². The minimum atomic E-state index is -0.575. The number of amides is 1. The zero-order chi connectivity index (χ0) is 12.5. The van der Waals surface area contributed by atoms with E-state index < -0.39 is 5.41 Å². The molecule has 1 aliphatic carbocycles. The number of nitrogens with one attached hydrogen (secondary N) is 1. The van der Waals surface area contributed by atoms with Crippen LogP contribution in [0.4, 0.5) is 5.69 Å². The number of rotatable bonds is 3. The lowest BCUT2D eigenvalue weighted by molar-refractivity contribution is -0.133. The van der Waals surface area contributed by atoms with Gasteiger partial charge in [0, 0.05) is 10.7 Å². The highest BCUT2D eigenvalue weighted by Crippen LogP contribution is 2.41. The topological polar surface area (TPSA) is 49.3 Å². The van der Waals surface area contributed by atoms with Gasteiger partial charge in [-0.05, 0) is 37.5 Å². The van der Waals surface area contributed by atoms with Gasteiger partial charge in [-0.25, -0.2) is 0 Å². The third-order valence-electron chi connectivity index (χ3n) is 3.61. The van der Waals surface area contributed by atoms with E-state index in [-0.39, 0.29) is 12.5 Å². The normalized spacial score (nSPS) is 17.4. The molecule has 17 heavy (non-hydrogen) atoms. The number of aliphatic hydroxyl groups excluding tert-OH is 1. The van der Waals surface area contributed by atoms with Crippen LogP contribution in [0, 0.1) is 12.3 Å². The Morgan fingerprint density at radius 2 is 2.24 bits per heavy atom. The summed E-state index contributed by atoms with van der Waals surface area (Å²) in [6.45, 7) is 1.78. The van der Waals surface area contributed by atoms with Crippen LogP contribution in [0.2, 0.25) is 5.02 Å². The maximum Gasteiger partial charge on any atom is 0.232 e. The van der Waals surface area contributed by atoms with Crippen LogP contribution in [0.25, 0.3) is 0 Å². The molecule has 2 N–H and O–H groups in total. The largest absolute Gasteiger partial charge is 0.395 e. The van der Waals surface area contributed by atoms with Gasteiger partial charge in [-0.2, -0.15) is 0 Å². The molecule has 1 saturated carbocycles. The van der Waals surface area contributed by atoms with Crippen molar-refractivity contribution >= 4 is 23.2 Å². The highest BCUT2D eigenvalue weighted by atomic mass is 35.5. The van der Waals surface area contributed by atoms with Gasteiger partial charge in [-0.1, -0.05) is 24.1 Å². The first kappa shape index (κ1) is 12.4. The average molecular weight is 254 g/mol. The standard InChI is InChI=1S/C13H16ClNO2/c1-9-10(14)4-2-5-11(9)15-12(17)13(8-16)6-3-7-13/h2,4-5,16H,3,6-8H2,1H3,(H,15,17). The first-order chi connectivity index (χ1) is 8.09. The smallest absolute Gasteiger partial charge is 0.232 e. The summed E-state index contributed by atoms with van der Waals surface area (Å²) < 4.78 is 0. The summed E-state index contributed by atoms with van der Waals surface area (Å²) in [6.07, 6.45) is 2.52. The Kier molecular flexibility index (Phi) is 3.40. The van der Waals surface area contributed by atoms with Crippen molar-refractivity contribution in [3.05, 3.63) is 28.8 Å². The molecule has 92 valence electrons. The summed E-state index contributed by atoms with van der Waals surface area (Å²) in [5, 5.41) is 12.8. The minimum absolute atomic E-state index is 0.0849. The molecule has 0 aromatic heterocycles. The van der Waals surface area contributed by atoms with Crippen LogP contribution in [-0.2, 0) is 4.79 Å². The maximum atomic E-state index is 12.1. The van der Waals surface area contributed by atoms with Crippen molar-refractivity contribution < 1.29 is 9.90 Å². The molecule has 0 saturated heterocycles. The summed E-state index contributed by atoms with van der Waals surface area (Å²) in [6, 6.07) is 5.41. The van der Waals surface area contributed by atoms with Crippen molar-refractivity contribution in [2.24, 2.45) is 5.41 Å². The zero-order valence-electron chi connectivity index (χ0n) is 9.79. The van der Waals surface area contributed by atoms with E-state index in [4.69, 9.17) is 11.6 Å². The van der Waals surface area contributed by atoms with Gasteiger partial charge in [0.1, 0.15) is 0 Å². The fourth-order valence-electron chi connectivity index (χ4n) is 2.06. The van der Waals surface area contributed by atoms with E-state index >= 15 is 0 Å². The van der Waals surface area contributed by atoms with Gasteiger partial charge in [0.05, 0.1) is 12.0 Å². The molecule has 0 unspecified atom stereocenters. The van der Waals surface area contributed by atoms with Gasteiger partial charge < -0.3 is 10.4 Å². The van der Waals surface area contributed by atoms with Crippen LogP contribution in [0.5, 0.6) is 0 Å². The highest BCUT2D eigenvalue weighted by molar-refractivity contribution is 6.31. The summed E-state index contributed by atoms with van der Waals surface area (Å²) in [4.78, 5) is 12.1. The molecule has 1 fully saturated rings. The van der Waals surface area contributed by atoms with Crippen molar-refractivity contribution in [2.45, 2.75) is 26.2 Å². The van der Waals surface area contributed by atoms with E-state index in [1.165, 1.54) is 0 Å². The molecule has 4 heteroatoms. The molecule has 0 heterocycles. The number of carbonyl (C=O) groups excluding carboxylic acids is 1. The summed E-state index contributed by atoms with van der Waals surface area (Å²) in [7, 11) is 0. The van der Waals surface area contributed by atoms with Crippen molar-refractivity contribution in [1.82, 2.24) is 0 Å². The number of benzene rings is 1. The van der Waals surface area contributed by atoms with Crippen molar-refractivity contribution in [2.75, 3.05) is 11.9 Å². The number of hydrogen-bond acceptors (Lipinski definition) is 2. The van der Waals surface area contributed by atoms with Crippen LogP contribution in [0.15, 0.2) is 18.2 Å². The predicted octanol–water partition coefficient (Wildman–Crippen LogP) is 2.75. The Balaban J connectivity index is 2.16. The molecular weight excluding hydrogens is 238 g/mol. The first-order valence-corrected chi connectivity index (χ1v) is 6.14. The van der Waals surface area contributed by atoms with E-state index in [0.717, 1.165) is 30.5 Å². The molecule has 3 nitrogen and oxygen atoms in total. The maximum absolute atomic E-state index is 12.1. The van der Waals surface area contributed by atoms with Gasteiger partial charge in [-0.3, -0.25) is 4.79 Å². The lowest BCUT2D eigenvalue weighted by Crippen LogP contribution is -2.44. The number of anilines is 1. The van der Waals surface area contributed by atoms with E-state index in [0.29, 0.717) is 5.02 Å². The Hall–Kier alpha value is -1.06. The minimum Gasteiger partial charge on any atom is -0.395 e. The second kappa shape index (κ2) is 4.67. The zero-order valence-corrected chi connectivity index (χ0v) is 10.5. The second-order valence-electron chi connectivity index (χ2n) is 4.66. The fraction of sp³-hybridized carbons (Fsp3) is 0.462. The Labute approximate surface area is 106 Å².